The summed E-state index contributed by atoms with van der Waals surface area (Å²) in [6.45, 7) is 7.57. The Balaban J connectivity index is 1.51. The first-order chi connectivity index (χ1) is 12.5. The molecule has 140 valence electrons. The maximum absolute atomic E-state index is 12.0. The lowest BCUT2D eigenvalue weighted by molar-refractivity contribution is 0.193. The minimum Gasteiger partial charge on any atom is -0.381 e. The fourth-order valence-corrected chi connectivity index (χ4v) is 3.15. The summed E-state index contributed by atoms with van der Waals surface area (Å²) in [4.78, 5) is 26.1. The first kappa shape index (κ1) is 18.5. The second-order valence-corrected chi connectivity index (χ2v) is 6.96. The first-order valence-corrected chi connectivity index (χ1v) is 9.04. The summed E-state index contributed by atoms with van der Waals surface area (Å²) in [5.74, 6) is 1.22. The zero-order chi connectivity index (χ0) is 18.5. The van der Waals surface area contributed by atoms with E-state index in [-0.39, 0.29) is 5.43 Å². The Morgan fingerprint density at radius 1 is 1.38 bits per heavy atom. The van der Waals surface area contributed by atoms with Gasteiger partial charge in [-0.1, -0.05) is 0 Å². The summed E-state index contributed by atoms with van der Waals surface area (Å²) in [7, 11) is 2.04. The van der Waals surface area contributed by atoms with Crippen molar-refractivity contribution in [3.63, 3.8) is 0 Å². The summed E-state index contributed by atoms with van der Waals surface area (Å²) in [6.07, 6.45) is 4.42. The molecule has 1 saturated heterocycles. The molecule has 0 saturated carbocycles. The Hall–Kier alpha value is -2.25. The van der Waals surface area contributed by atoms with Gasteiger partial charge in [-0.2, -0.15) is 0 Å². The lowest BCUT2D eigenvalue weighted by Gasteiger charge is -2.18. The van der Waals surface area contributed by atoms with Crippen molar-refractivity contribution < 1.29 is 4.74 Å². The first-order valence-electron chi connectivity index (χ1n) is 9.04. The van der Waals surface area contributed by atoms with Crippen molar-refractivity contribution in [2.75, 3.05) is 38.7 Å². The Morgan fingerprint density at radius 3 is 3.00 bits per heavy atom. The fraction of sp³-hybridized carbons (Fsp3) is 0.526. The van der Waals surface area contributed by atoms with Crippen LogP contribution in [0, 0.1) is 13.8 Å². The molecule has 0 aliphatic carbocycles. The Bertz CT molecular complexity index is 799. The maximum Gasteiger partial charge on any atom is 0.187 e. The van der Waals surface area contributed by atoms with E-state index < -0.39 is 0 Å². The van der Waals surface area contributed by atoms with E-state index in [1.54, 1.807) is 12.5 Å². The van der Waals surface area contributed by atoms with Crippen molar-refractivity contribution in [3.05, 3.63) is 51.3 Å². The SMILES string of the molecule is Cc1c[nH]c(CN(C)CCNc2cc(C3CCOC3)ncn2)c(C)c1=O. The lowest BCUT2D eigenvalue weighted by Crippen LogP contribution is -2.27. The minimum atomic E-state index is 0.120. The van der Waals surface area contributed by atoms with Gasteiger partial charge >= 0.3 is 0 Å². The van der Waals surface area contributed by atoms with Crippen molar-refractivity contribution in [3.8, 4) is 0 Å². The molecule has 3 rings (SSSR count). The highest BCUT2D eigenvalue weighted by Gasteiger charge is 2.19. The summed E-state index contributed by atoms with van der Waals surface area (Å²) in [5, 5.41) is 3.35. The molecule has 1 atom stereocenters. The second kappa shape index (κ2) is 8.42. The molecule has 2 aromatic heterocycles. The number of hydrogen-bond donors (Lipinski definition) is 2. The Kier molecular flexibility index (Phi) is 6.00. The zero-order valence-electron chi connectivity index (χ0n) is 15.7. The number of nitrogens with one attached hydrogen (secondary N) is 2. The van der Waals surface area contributed by atoms with Crippen LogP contribution in [0.15, 0.2) is 23.4 Å². The van der Waals surface area contributed by atoms with Crippen LogP contribution in [0.25, 0.3) is 0 Å². The van der Waals surface area contributed by atoms with Gasteiger partial charge in [-0.15, -0.1) is 0 Å². The normalized spacial score (nSPS) is 17.0. The highest BCUT2D eigenvalue weighted by atomic mass is 16.5. The van der Waals surface area contributed by atoms with Gasteiger partial charge in [0.1, 0.15) is 12.1 Å². The summed E-state index contributed by atoms with van der Waals surface area (Å²) >= 11 is 0. The van der Waals surface area contributed by atoms with Crippen LogP contribution in [-0.4, -0.2) is 53.2 Å². The average Bonchev–Trinajstić information content (AvgIpc) is 3.17. The third-order valence-corrected chi connectivity index (χ3v) is 4.88. The molecule has 0 bridgehead atoms. The molecule has 0 aromatic carbocycles. The number of aromatic nitrogens is 3. The molecule has 2 N–H and O–H groups in total. The molecule has 3 heterocycles. The van der Waals surface area contributed by atoms with E-state index in [1.807, 2.05) is 27.0 Å². The van der Waals surface area contributed by atoms with E-state index in [9.17, 15) is 4.79 Å². The molecule has 1 aliphatic heterocycles. The van der Waals surface area contributed by atoms with Crippen LogP contribution in [0.2, 0.25) is 0 Å². The largest absolute Gasteiger partial charge is 0.381 e. The molecular formula is C19H27N5O2. The number of aromatic amines is 1. The highest BCUT2D eigenvalue weighted by molar-refractivity contribution is 5.36. The molecule has 0 amide bonds. The number of aryl methyl sites for hydroxylation is 1. The number of rotatable bonds is 7. The standard InChI is InChI=1S/C19H27N5O2/c1-13-9-21-17(14(2)19(13)25)10-24(3)6-5-20-18-8-16(22-12-23-18)15-4-7-26-11-15/h8-9,12,15H,4-7,10-11H2,1-3H3,(H,21,25)(H,20,22,23). The van der Waals surface area contributed by atoms with Crippen molar-refractivity contribution in [1.82, 2.24) is 19.9 Å². The maximum atomic E-state index is 12.0. The van der Waals surface area contributed by atoms with E-state index in [2.05, 4.69) is 25.2 Å². The number of hydrogen-bond acceptors (Lipinski definition) is 6. The van der Waals surface area contributed by atoms with Crippen molar-refractivity contribution >= 4 is 5.82 Å². The van der Waals surface area contributed by atoms with Gasteiger partial charge in [0.05, 0.1) is 12.3 Å². The number of ether oxygens (including phenoxy) is 1. The molecule has 26 heavy (non-hydrogen) atoms. The van der Waals surface area contributed by atoms with E-state index >= 15 is 0 Å². The molecule has 7 nitrogen and oxygen atoms in total. The summed E-state index contributed by atoms with van der Waals surface area (Å²) in [6, 6.07) is 2.01. The Labute approximate surface area is 153 Å². The number of H-pyrrole nitrogens is 1. The molecule has 1 unspecified atom stereocenters. The van der Waals surface area contributed by atoms with E-state index in [0.29, 0.717) is 12.5 Å². The molecular weight excluding hydrogens is 330 g/mol. The van der Waals surface area contributed by atoms with Gasteiger partial charge in [0.2, 0.25) is 0 Å². The molecule has 1 aliphatic rings. The van der Waals surface area contributed by atoms with Crippen LogP contribution in [0.4, 0.5) is 5.82 Å². The van der Waals surface area contributed by atoms with Gasteiger partial charge in [0.25, 0.3) is 0 Å². The second-order valence-electron chi connectivity index (χ2n) is 6.96. The van der Waals surface area contributed by atoms with Crippen LogP contribution in [0.3, 0.4) is 0 Å². The van der Waals surface area contributed by atoms with Crippen LogP contribution >= 0.6 is 0 Å². The molecule has 1 fully saturated rings. The Morgan fingerprint density at radius 2 is 2.23 bits per heavy atom. The van der Waals surface area contributed by atoms with Gasteiger partial charge < -0.3 is 15.0 Å². The van der Waals surface area contributed by atoms with E-state index in [1.165, 1.54) is 0 Å². The van der Waals surface area contributed by atoms with Gasteiger partial charge in [0, 0.05) is 61.2 Å². The smallest absolute Gasteiger partial charge is 0.187 e. The monoisotopic (exact) mass is 357 g/mol. The molecule has 7 heteroatoms. The van der Waals surface area contributed by atoms with Gasteiger partial charge in [-0.25, -0.2) is 9.97 Å². The quantitative estimate of drug-likeness (QED) is 0.787. The molecule has 2 aromatic rings. The van der Waals surface area contributed by atoms with Crippen molar-refractivity contribution in [2.45, 2.75) is 32.7 Å². The van der Waals surface area contributed by atoms with Crippen LogP contribution < -0.4 is 10.7 Å². The predicted molar refractivity (Wildman–Crippen MR) is 102 cm³/mol. The number of pyridine rings is 1. The fourth-order valence-electron chi connectivity index (χ4n) is 3.15. The number of anilines is 1. The highest BCUT2D eigenvalue weighted by Crippen LogP contribution is 2.24. The van der Waals surface area contributed by atoms with Crippen molar-refractivity contribution in [1.29, 1.82) is 0 Å². The summed E-state index contributed by atoms with van der Waals surface area (Å²) in [5.41, 5.74) is 3.68. The van der Waals surface area contributed by atoms with E-state index in [4.69, 9.17) is 4.74 Å². The summed E-state index contributed by atoms with van der Waals surface area (Å²) < 4.78 is 5.43. The van der Waals surface area contributed by atoms with Gasteiger partial charge in [0.15, 0.2) is 5.43 Å². The van der Waals surface area contributed by atoms with Gasteiger partial charge in [-0.05, 0) is 27.3 Å². The number of likely N-dealkylation sites (N-methyl/N-ethyl adjacent to an activating group) is 1. The third kappa shape index (κ3) is 4.47. The average molecular weight is 357 g/mol. The lowest BCUT2D eigenvalue weighted by atomic mass is 10.1. The van der Waals surface area contributed by atoms with E-state index in [0.717, 1.165) is 61.1 Å². The predicted octanol–water partition coefficient (Wildman–Crippen LogP) is 1.83. The number of nitrogens with zero attached hydrogens (tertiary/aromatic N) is 3. The van der Waals surface area contributed by atoms with Crippen LogP contribution in [0.1, 0.15) is 34.9 Å². The molecule has 0 spiro atoms. The zero-order valence-corrected chi connectivity index (χ0v) is 15.7. The topological polar surface area (TPSA) is 83.1 Å². The third-order valence-electron chi connectivity index (χ3n) is 4.88. The van der Waals surface area contributed by atoms with Gasteiger partial charge in [-0.3, -0.25) is 9.69 Å². The van der Waals surface area contributed by atoms with Crippen molar-refractivity contribution in [2.24, 2.45) is 0 Å². The minimum absolute atomic E-state index is 0.120. The van der Waals surface area contributed by atoms with Crippen LogP contribution in [0.5, 0.6) is 0 Å². The van der Waals surface area contributed by atoms with Crippen LogP contribution in [-0.2, 0) is 11.3 Å². The molecule has 0 radical (unpaired) electrons.